The molecule has 3 rings (SSSR count). The number of methoxy groups -OCH3 is 1. The molecule has 138 valence electrons. The van der Waals surface area contributed by atoms with E-state index in [4.69, 9.17) is 4.74 Å². The molecule has 7 heteroatoms. The molecule has 26 heavy (non-hydrogen) atoms. The summed E-state index contributed by atoms with van der Waals surface area (Å²) in [5.74, 6) is -1.34. The minimum Gasteiger partial charge on any atom is -0.468 e. The van der Waals surface area contributed by atoms with E-state index in [1.807, 2.05) is 23.3 Å². The quantitative estimate of drug-likeness (QED) is 0.816. The van der Waals surface area contributed by atoms with Crippen LogP contribution in [0.5, 0.6) is 0 Å². The second-order valence-corrected chi connectivity index (χ2v) is 7.38. The Hall–Kier alpha value is -2.25. The van der Waals surface area contributed by atoms with Gasteiger partial charge in [0.25, 0.3) is 5.91 Å². The van der Waals surface area contributed by atoms with Crippen molar-refractivity contribution in [3.8, 4) is 0 Å². The molecule has 0 spiro atoms. The predicted octanol–water partition coefficient (Wildman–Crippen LogP) is 2.74. The zero-order valence-corrected chi connectivity index (χ0v) is 15.5. The molecule has 1 aliphatic heterocycles. The van der Waals surface area contributed by atoms with E-state index < -0.39 is 17.8 Å². The van der Waals surface area contributed by atoms with Crippen molar-refractivity contribution in [2.24, 2.45) is 0 Å². The van der Waals surface area contributed by atoms with Crippen LogP contribution in [0.15, 0.2) is 35.7 Å². The minimum absolute atomic E-state index is 0.00895. The number of hydrogen-bond donors (Lipinski definition) is 1. The van der Waals surface area contributed by atoms with Gasteiger partial charge in [-0.3, -0.25) is 14.5 Å². The number of aryl methyl sites for hydroxylation is 1. The summed E-state index contributed by atoms with van der Waals surface area (Å²) in [7, 11) is 1.36. The average molecular weight is 376 g/mol. The molecule has 1 amide bonds. The zero-order valence-electron chi connectivity index (χ0n) is 14.7. The molecule has 0 bridgehead atoms. The summed E-state index contributed by atoms with van der Waals surface area (Å²) in [5.41, 5.74) is 1.19. The first-order valence-electron chi connectivity index (χ1n) is 8.40. The number of ether oxygens (including phenoxy) is 1. The molecule has 1 aliphatic rings. The number of benzene rings is 1. The Morgan fingerprint density at radius 3 is 2.77 bits per heavy atom. The summed E-state index contributed by atoms with van der Waals surface area (Å²) >= 11 is 1.64. The van der Waals surface area contributed by atoms with Gasteiger partial charge in [-0.15, -0.1) is 11.3 Å². The lowest BCUT2D eigenvalue weighted by Crippen LogP contribution is -2.38. The van der Waals surface area contributed by atoms with Gasteiger partial charge in [0.2, 0.25) is 0 Å². The lowest BCUT2D eigenvalue weighted by molar-refractivity contribution is -0.146. The first kappa shape index (κ1) is 18.5. The highest BCUT2D eigenvalue weighted by molar-refractivity contribution is 7.10. The summed E-state index contributed by atoms with van der Waals surface area (Å²) in [6.45, 7) is 3.17. The summed E-state index contributed by atoms with van der Waals surface area (Å²) in [6, 6.07) is 7.24. The van der Waals surface area contributed by atoms with Crippen LogP contribution in [0.25, 0.3) is 0 Å². The number of likely N-dealkylation sites (tertiary alicyclic amines) is 1. The van der Waals surface area contributed by atoms with Crippen molar-refractivity contribution in [3.05, 3.63) is 57.5 Å². The van der Waals surface area contributed by atoms with Gasteiger partial charge >= 0.3 is 5.97 Å². The molecule has 1 N–H and O–H groups in total. The molecule has 2 aromatic rings. The van der Waals surface area contributed by atoms with E-state index in [-0.39, 0.29) is 17.6 Å². The van der Waals surface area contributed by atoms with Crippen LogP contribution in [0.3, 0.4) is 0 Å². The Labute approximate surface area is 155 Å². The van der Waals surface area contributed by atoms with Gasteiger partial charge in [0, 0.05) is 24.0 Å². The first-order valence-corrected chi connectivity index (χ1v) is 9.27. The van der Waals surface area contributed by atoms with Gasteiger partial charge in [0.1, 0.15) is 11.9 Å². The Morgan fingerprint density at radius 2 is 2.12 bits per heavy atom. The lowest BCUT2D eigenvalue weighted by Gasteiger charge is -2.21. The molecule has 2 atom stereocenters. The molecular weight excluding hydrogens is 355 g/mol. The van der Waals surface area contributed by atoms with Crippen LogP contribution in [-0.4, -0.2) is 42.5 Å². The fourth-order valence-electron chi connectivity index (χ4n) is 3.22. The number of thiophene rings is 1. The maximum absolute atomic E-state index is 13.8. The molecule has 1 fully saturated rings. The molecule has 0 saturated carbocycles. The van der Waals surface area contributed by atoms with Gasteiger partial charge in [-0.05, 0) is 42.5 Å². The van der Waals surface area contributed by atoms with Crippen LogP contribution in [-0.2, 0) is 16.1 Å². The average Bonchev–Trinajstić information content (AvgIpc) is 3.21. The molecule has 0 aliphatic carbocycles. The lowest BCUT2D eigenvalue weighted by atomic mass is 10.1. The second-order valence-electron chi connectivity index (χ2n) is 6.38. The minimum atomic E-state index is -0.557. The fourth-order valence-corrected chi connectivity index (χ4v) is 4.15. The number of halogens is 1. The van der Waals surface area contributed by atoms with Crippen molar-refractivity contribution < 1.29 is 18.7 Å². The van der Waals surface area contributed by atoms with E-state index in [9.17, 15) is 14.0 Å². The van der Waals surface area contributed by atoms with Gasteiger partial charge < -0.3 is 10.1 Å². The topological polar surface area (TPSA) is 58.6 Å². The molecular formula is C19H21FN2O3S. The van der Waals surface area contributed by atoms with Gasteiger partial charge in [0.15, 0.2) is 0 Å². The summed E-state index contributed by atoms with van der Waals surface area (Å²) in [5, 5.41) is 4.86. The third kappa shape index (κ3) is 3.94. The van der Waals surface area contributed by atoms with Crippen molar-refractivity contribution in [2.45, 2.75) is 32.0 Å². The summed E-state index contributed by atoms with van der Waals surface area (Å²) in [4.78, 5) is 27.7. The van der Waals surface area contributed by atoms with Gasteiger partial charge in [-0.1, -0.05) is 12.1 Å². The van der Waals surface area contributed by atoms with E-state index in [2.05, 4.69) is 5.32 Å². The molecule has 1 saturated heterocycles. The number of carbonyl (C=O) groups is 2. The van der Waals surface area contributed by atoms with Crippen molar-refractivity contribution in [3.63, 3.8) is 0 Å². The number of nitrogens with one attached hydrogen (secondary N) is 1. The summed E-state index contributed by atoms with van der Waals surface area (Å²) in [6.07, 6.45) is 0.442. The zero-order chi connectivity index (χ0) is 18.7. The highest BCUT2D eigenvalue weighted by Crippen LogP contribution is 2.25. The first-order chi connectivity index (χ1) is 12.5. The van der Waals surface area contributed by atoms with Crippen molar-refractivity contribution in [1.29, 1.82) is 0 Å². The predicted molar refractivity (Wildman–Crippen MR) is 97.5 cm³/mol. The summed E-state index contributed by atoms with van der Waals surface area (Å²) < 4.78 is 18.7. The van der Waals surface area contributed by atoms with Crippen molar-refractivity contribution in [1.82, 2.24) is 10.2 Å². The molecule has 0 radical (unpaired) electrons. The Kier molecular flexibility index (Phi) is 5.68. The molecule has 2 heterocycles. The van der Waals surface area contributed by atoms with Gasteiger partial charge in [-0.25, -0.2) is 4.39 Å². The molecule has 0 unspecified atom stereocenters. The highest BCUT2D eigenvalue weighted by Gasteiger charge is 2.38. The molecule has 1 aromatic heterocycles. The van der Waals surface area contributed by atoms with E-state index >= 15 is 0 Å². The standard InChI is InChI=1S/C19H21FN2O3S/c1-12-7-8-26-17(12)11-22-10-13(9-16(22)19(24)25-2)21-18(23)14-5-3-4-6-15(14)20/h3-8,13,16H,9-11H2,1-2H3,(H,21,23)/t13-,16+/m1/s1. The number of hydrogen-bond acceptors (Lipinski definition) is 5. The van der Waals surface area contributed by atoms with Crippen LogP contribution >= 0.6 is 11.3 Å². The number of amides is 1. The van der Waals surface area contributed by atoms with Crippen molar-refractivity contribution >= 4 is 23.2 Å². The number of nitrogens with zero attached hydrogens (tertiary/aromatic N) is 1. The molecule has 1 aromatic carbocycles. The van der Waals surface area contributed by atoms with Crippen LogP contribution in [0.4, 0.5) is 4.39 Å². The Balaban J connectivity index is 1.71. The molecule has 5 nitrogen and oxygen atoms in total. The van der Waals surface area contributed by atoms with Gasteiger partial charge in [-0.2, -0.15) is 0 Å². The van der Waals surface area contributed by atoms with E-state index in [0.29, 0.717) is 19.5 Å². The number of esters is 1. The number of carbonyl (C=O) groups excluding carboxylic acids is 2. The Morgan fingerprint density at radius 1 is 1.35 bits per heavy atom. The smallest absolute Gasteiger partial charge is 0.323 e. The van der Waals surface area contributed by atoms with E-state index in [1.165, 1.54) is 29.7 Å². The second kappa shape index (κ2) is 7.97. The van der Waals surface area contributed by atoms with E-state index in [1.54, 1.807) is 23.5 Å². The van der Waals surface area contributed by atoms with Crippen molar-refractivity contribution in [2.75, 3.05) is 13.7 Å². The third-order valence-corrected chi connectivity index (χ3v) is 5.65. The van der Waals surface area contributed by atoms with Crippen LogP contribution in [0.2, 0.25) is 0 Å². The normalized spacial score (nSPS) is 20.1. The van der Waals surface area contributed by atoms with Gasteiger partial charge in [0.05, 0.1) is 12.7 Å². The third-order valence-electron chi connectivity index (χ3n) is 4.65. The van der Waals surface area contributed by atoms with Crippen LogP contribution in [0, 0.1) is 12.7 Å². The Bertz CT molecular complexity index is 808. The van der Waals surface area contributed by atoms with Crippen LogP contribution < -0.4 is 5.32 Å². The highest BCUT2D eigenvalue weighted by atomic mass is 32.1. The number of rotatable bonds is 5. The maximum Gasteiger partial charge on any atom is 0.323 e. The fraction of sp³-hybridized carbons (Fsp3) is 0.368. The van der Waals surface area contributed by atoms with E-state index in [0.717, 1.165) is 0 Å². The maximum atomic E-state index is 13.8. The largest absolute Gasteiger partial charge is 0.468 e. The SMILES string of the molecule is COC(=O)[C@@H]1C[C@@H](NC(=O)c2ccccc2F)CN1Cc1sccc1C. The monoisotopic (exact) mass is 376 g/mol. The van der Waals surface area contributed by atoms with Crippen LogP contribution in [0.1, 0.15) is 27.2 Å².